The second-order valence-electron chi connectivity index (χ2n) is 9.95. The molecule has 1 heterocycles. The molecule has 0 radical (unpaired) electrons. The third-order valence-corrected chi connectivity index (χ3v) is 6.89. The van der Waals surface area contributed by atoms with E-state index in [1.165, 1.54) is 0 Å². The topological polar surface area (TPSA) is 66.4 Å². The second kappa shape index (κ2) is 14.3. The van der Waals surface area contributed by atoms with Gasteiger partial charge in [0.1, 0.15) is 24.9 Å². The Hall–Kier alpha value is -3.36. The van der Waals surface area contributed by atoms with E-state index < -0.39 is 24.1 Å². The Labute approximate surface area is 236 Å². The summed E-state index contributed by atoms with van der Waals surface area (Å²) in [4.78, 5) is 0. The van der Waals surface area contributed by atoms with Crippen molar-refractivity contribution in [3.63, 3.8) is 0 Å². The minimum absolute atomic E-state index is 0.0854. The molecule has 1 aliphatic heterocycles. The molecule has 0 spiro atoms. The van der Waals surface area contributed by atoms with Crippen LogP contribution < -0.4 is 0 Å². The van der Waals surface area contributed by atoms with E-state index in [0.29, 0.717) is 19.8 Å². The van der Waals surface area contributed by atoms with Crippen LogP contribution in [0.2, 0.25) is 0 Å². The molecule has 4 aromatic carbocycles. The first-order valence-corrected chi connectivity index (χ1v) is 13.6. The van der Waals surface area contributed by atoms with Crippen LogP contribution in [0.15, 0.2) is 121 Å². The molecule has 4 atom stereocenters. The van der Waals surface area contributed by atoms with Crippen molar-refractivity contribution >= 4 is 0 Å². The van der Waals surface area contributed by atoms with Gasteiger partial charge in [-0.2, -0.15) is 0 Å². The summed E-state index contributed by atoms with van der Waals surface area (Å²) in [6.07, 6.45) is -1.97. The fourth-order valence-corrected chi connectivity index (χ4v) is 4.74. The second-order valence-corrected chi connectivity index (χ2v) is 9.95. The quantitative estimate of drug-likeness (QED) is 0.236. The minimum atomic E-state index is -1.74. The summed E-state index contributed by atoms with van der Waals surface area (Å²) in [6.45, 7) is 1.37. The molecule has 1 saturated heterocycles. The summed E-state index contributed by atoms with van der Waals surface area (Å²) in [5.74, 6) is -1.74. The van der Waals surface area contributed by atoms with Crippen LogP contribution in [-0.2, 0) is 50.1 Å². The van der Waals surface area contributed by atoms with Gasteiger partial charge in [0.15, 0.2) is 0 Å². The van der Waals surface area contributed by atoms with Crippen LogP contribution in [0.3, 0.4) is 0 Å². The smallest absolute Gasteiger partial charge is 0.219 e. The van der Waals surface area contributed by atoms with Gasteiger partial charge in [-0.1, -0.05) is 121 Å². The van der Waals surface area contributed by atoms with E-state index in [2.05, 4.69) is 0 Å². The van der Waals surface area contributed by atoms with Gasteiger partial charge in [-0.15, -0.1) is 0 Å². The van der Waals surface area contributed by atoms with Gasteiger partial charge in [-0.05, 0) is 22.3 Å². The fourth-order valence-electron chi connectivity index (χ4n) is 4.74. The number of ether oxygens (including phenoxy) is 5. The van der Waals surface area contributed by atoms with Crippen molar-refractivity contribution < 1.29 is 28.8 Å². The lowest BCUT2D eigenvalue weighted by Gasteiger charge is -2.46. The standard InChI is InChI=1S/C34H36O6/c35-34(26-36-21-27-13-5-1-6-14-27)33(39-24-30-19-11-4-12-20-30)32(38-23-29-17-9-3-10-18-29)31(25-40-34)37-22-28-15-7-2-8-16-28/h1-20,31-33,35H,21-26H2/t31-,32+,33+,34?/m0/s1. The zero-order valence-corrected chi connectivity index (χ0v) is 22.5. The number of hydrogen-bond acceptors (Lipinski definition) is 6. The molecule has 0 amide bonds. The highest BCUT2D eigenvalue weighted by molar-refractivity contribution is 5.16. The molecule has 1 aliphatic rings. The Morgan fingerprint density at radius 3 is 1.50 bits per heavy atom. The zero-order valence-electron chi connectivity index (χ0n) is 22.5. The first-order valence-electron chi connectivity index (χ1n) is 13.6. The van der Waals surface area contributed by atoms with Gasteiger partial charge in [0.2, 0.25) is 5.79 Å². The third kappa shape index (κ3) is 7.86. The summed E-state index contributed by atoms with van der Waals surface area (Å²) >= 11 is 0. The Morgan fingerprint density at radius 1 is 0.575 bits per heavy atom. The number of hydrogen-bond donors (Lipinski definition) is 1. The largest absolute Gasteiger partial charge is 0.371 e. The van der Waals surface area contributed by atoms with Gasteiger partial charge in [0.05, 0.1) is 33.0 Å². The highest BCUT2D eigenvalue weighted by atomic mass is 16.7. The molecule has 5 rings (SSSR count). The van der Waals surface area contributed by atoms with E-state index in [1.807, 2.05) is 121 Å². The van der Waals surface area contributed by atoms with Gasteiger partial charge in [-0.3, -0.25) is 0 Å². The molecule has 40 heavy (non-hydrogen) atoms. The average Bonchev–Trinajstić information content (AvgIpc) is 3.01. The van der Waals surface area contributed by atoms with Crippen molar-refractivity contribution in [2.45, 2.75) is 50.5 Å². The van der Waals surface area contributed by atoms with Crippen molar-refractivity contribution in [1.82, 2.24) is 0 Å². The van der Waals surface area contributed by atoms with E-state index in [-0.39, 0.29) is 19.8 Å². The maximum atomic E-state index is 11.8. The van der Waals surface area contributed by atoms with E-state index in [9.17, 15) is 5.11 Å². The van der Waals surface area contributed by atoms with Crippen LogP contribution in [0, 0.1) is 0 Å². The van der Waals surface area contributed by atoms with Crippen LogP contribution >= 0.6 is 0 Å². The summed E-state index contributed by atoms with van der Waals surface area (Å²) in [6, 6.07) is 39.6. The predicted molar refractivity (Wildman–Crippen MR) is 152 cm³/mol. The molecule has 1 N–H and O–H groups in total. The first-order chi connectivity index (χ1) is 19.7. The molecule has 208 valence electrons. The van der Waals surface area contributed by atoms with Gasteiger partial charge < -0.3 is 28.8 Å². The van der Waals surface area contributed by atoms with Crippen LogP contribution in [0.5, 0.6) is 0 Å². The Balaban J connectivity index is 1.36. The maximum absolute atomic E-state index is 11.8. The van der Waals surface area contributed by atoms with Crippen molar-refractivity contribution in [3.8, 4) is 0 Å². The van der Waals surface area contributed by atoms with E-state index in [1.54, 1.807) is 0 Å². The van der Waals surface area contributed by atoms with Crippen LogP contribution in [-0.4, -0.2) is 42.4 Å². The molecular weight excluding hydrogens is 504 g/mol. The van der Waals surface area contributed by atoms with Crippen LogP contribution in [0.25, 0.3) is 0 Å². The monoisotopic (exact) mass is 540 g/mol. The van der Waals surface area contributed by atoms with Crippen molar-refractivity contribution in [1.29, 1.82) is 0 Å². The van der Waals surface area contributed by atoms with E-state index in [4.69, 9.17) is 23.7 Å². The highest BCUT2D eigenvalue weighted by Crippen LogP contribution is 2.32. The predicted octanol–water partition coefficient (Wildman–Crippen LogP) is 5.68. The lowest BCUT2D eigenvalue weighted by molar-refractivity contribution is -0.356. The summed E-state index contributed by atoms with van der Waals surface area (Å²) in [5, 5.41) is 11.8. The van der Waals surface area contributed by atoms with Crippen LogP contribution in [0.4, 0.5) is 0 Å². The summed E-state index contributed by atoms with van der Waals surface area (Å²) in [7, 11) is 0. The third-order valence-electron chi connectivity index (χ3n) is 6.89. The Morgan fingerprint density at radius 2 is 1.00 bits per heavy atom. The van der Waals surface area contributed by atoms with E-state index in [0.717, 1.165) is 22.3 Å². The van der Waals surface area contributed by atoms with Crippen LogP contribution in [0.1, 0.15) is 22.3 Å². The summed E-state index contributed by atoms with van der Waals surface area (Å²) < 4.78 is 31.3. The Kier molecular flexibility index (Phi) is 10.1. The molecule has 0 bridgehead atoms. The number of aliphatic hydroxyl groups is 1. The van der Waals surface area contributed by atoms with E-state index >= 15 is 0 Å². The molecule has 0 saturated carbocycles. The van der Waals surface area contributed by atoms with Gasteiger partial charge in [0, 0.05) is 0 Å². The highest BCUT2D eigenvalue weighted by Gasteiger charge is 2.52. The molecule has 4 aromatic rings. The zero-order chi connectivity index (χ0) is 27.5. The molecule has 1 fully saturated rings. The van der Waals surface area contributed by atoms with Crippen molar-refractivity contribution in [3.05, 3.63) is 144 Å². The molecule has 1 unspecified atom stereocenters. The maximum Gasteiger partial charge on any atom is 0.219 e. The number of rotatable bonds is 13. The summed E-state index contributed by atoms with van der Waals surface area (Å²) in [5.41, 5.74) is 4.04. The molecule has 6 nitrogen and oxygen atoms in total. The SMILES string of the molecule is OC1(COCc2ccccc2)OC[C@H](OCc2ccccc2)[C@@H](OCc2ccccc2)[C@H]1OCc1ccccc1. The molecule has 0 aromatic heterocycles. The lowest BCUT2D eigenvalue weighted by atomic mass is 9.96. The molecular formula is C34H36O6. The Bertz CT molecular complexity index is 1250. The van der Waals surface area contributed by atoms with Crippen molar-refractivity contribution in [2.24, 2.45) is 0 Å². The number of benzene rings is 4. The van der Waals surface area contributed by atoms with Gasteiger partial charge in [-0.25, -0.2) is 0 Å². The lowest BCUT2D eigenvalue weighted by Crippen LogP contribution is -2.64. The average molecular weight is 541 g/mol. The fraction of sp³-hybridized carbons (Fsp3) is 0.294. The molecule has 0 aliphatic carbocycles. The van der Waals surface area contributed by atoms with Crippen molar-refractivity contribution in [2.75, 3.05) is 13.2 Å². The first kappa shape index (κ1) is 28.2. The van der Waals surface area contributed by atoms with Gasteiger partial charge in [0.25, 0.3) is 0 Å². The normalized spacial score (nSPS) is 22.7. The van der Waals surface area contributed by atoms with Gasteiger partial charge >= 0.3 is 0 Å². The molecule has 6 heteroatoms. The minimum Gasteiger partial charge on any atom is -0.371 e.